The number of carboxylic acids is 1. The fourth-order valence-electron chi connectivity index (χ4n) is 3.60. The van der Waals surface area contributed by atoms with Gasteiger partial charge in [-0.05, 0) is 54.2 Å². The highest BCUT2D eigenvalue weighted by molar-refractivity contribution is 7.91. The van der Waals surface area contributed by atoms with Crippen LogP contribution >= 0.6 is 0 Å². The number of carbonyl (C=O) groups excluding carboxylic acids is 1. The Morgan fingerprint density at radius 3 is 2.31 bits per heavy atom. The molecule has 3 rings (SSSR count). The largest absolute Gasteiger partial charge is 0.478 e. The number of carboxylic acid groups (broad SMARTS) is 1. The summed E-state index contributed by atoms with van der Waals surface area (Å²) >= 11 is 0. The molecule has 0 aliphatic heterocycles. The first kappa shape index (κ1) is 23.9. The van der Waals surface area contributed by atoms with Gasteiger partial charge < -0.3 is 15.2 Å². The predicted molar refractivity (Wildman–Crippen MR) is 120 cm³/mol. The number of amides is 1. The van der Waals surface area contributed by atoms with Crippen LogP contribution in [0.15, 0.2) is 53.4 Å². The van der Waals surface area contributed by atoms with Crippen molar-refractivity contribution in [2.75, 3.05) is 5.75 Å². The standard InChI is InChI=1S/C24H29NO6S/c1-4-32(29,30)20-7-5-6-17(14-20)15-31-21(16(2)3)22(26)25-24(12-13-24)19-10-8-18(9-11-19)23(27)28/h5-11,14,16,21H,4,12-13,15H2,1-3H3,(H,25,26)(H,27,28). The van der Waals surface area contributed by atoms with E-state index in [1.165, 1.54) is 12.1 Å². The van der Waals surface area contributed by atoms with Gasteiger partial charge in [-0.1, -0.05) is 45.0 Å². The van der Waals surface area contributed by atoms with Crippen LogP contribution in [0.3, 0.4) is 0 Å². The molecule has 32 heavy (non-hydrogen) atoms. The fraction of sp³-hybridized carbons (Fsp3) is 0.417. The second-order valence-electron chi connectivity index (χ2n) is 8.48. The minimum absolute atomic E-state index is 0.0177. The van der Waals surface area contributed by atoms with E-state index in [1.54, 1.807) is 43.3 Å². The first-order valence-corrected chi connectivity index (χ1v) is 12.3. The van der Waals surface area contributed by atoms with E-state index in [1.807, 2.05) is 13.8 Å². The van der Waals surface area contributed by atoms with Crippen molar-refractivity contribution in [3.05, 3.63) is 65.2 Å². The number of hydrogen-bond donors (Lipinski definition) is 2. The van der Waals surface area contributed by atoms with Crippen LogP contribution in [-0.2, 0) is 31.5 Å². The molecular weight excluding hydrogens is 430 g/mol. The van der Waals surface area contributed by atoms with Crippen LogP contribution in [0.4, 0.5) is 0 Å². The van der Waals surface area contributed by atoms with Crippen molar-refractivity contribution >= 4 is 21.7 Å². The van der Waals surface area contributed by atoms with Gasteiger partial charge in [0.25, 0.3) is 0 Å². The molecule has 0 radical (unpaired) electrons. The normalized spacial score (nSPS) is 15.9. The molecule has 2 N–H and O–H groups in total. The summed E-state index contributed by atoms with van der Waals surface area (Å²) in [4.78, 5) is 24.4. The Morgan fingerprint density at radius 1 is 1.12 bits per heavy atom. The molecule has 7 nitrogen and oxygen atoms in total. The number of aromatic carboxylic acids is 1. The van der Waals surface area contributed by atoms with E-state index in [2.05, 4.69) is 5.32 Å². The zero-order chi connectivity index (χ0) is 23.5. The number of rotatable bonds is 10. The molecule has 0 spiro atoms. The van der Waals surface area contributed by atoms with E-state index in [4.69, 9.17) is 9.84 Å². The Hall–Kier alpha value is -2.71. The average molecular weight is 460 g/mol. The van der Waals surface area contributed by atoms with Crippen LogP contribution in [0, 0.1) is 5.92 Å². The van der Waals surface area contributed by atoms with Crippen LogP contribution < -0.4 is 5.32 Å². The highest BCUT2D eigenvalue weighted by Crippen LogP contribution is 2.45. The smallest absolute Gasteiger partial charge is 0.335 e. The Kier molecular flexibility index (Phi) is 7.05. The summed E-state index contributed by atoms with van der Waals surface area (Å²) in [5.41, 5.74) is 1.26. The molecule has 2 aromatic rings. The van der Waals surface area contributed by atoms with E-state index >= 15 is 0 Å². The van der Waals surface area contributed by atoms with Gasteiger partial charge in [-0.25, -0.2) is 13.2 Å². The van der Waals surface area contributed by atoms with Crippen LogP contribution in [0.1, 0.15) is 55.1 Å². The minimum Gasteiger partial charge on any atom is -0.478 e. The van der Waals surface area contributed by atoms with Crippen molar-refractivity contribution < 1.29 is 27.9 Å². The van der Waals surface area contributed by atoms with Crippen molar-refractivity contribution in [2.45, 2.75) is 56.8 Å². The lowest BCUT2D eigenvalue weighted by Gasteiger charge is -2.25. The van der Waals surface area contributed by atoms with Crippen molar-refractivity contribution in [1.29, 1.82) is 0 Å². The maximum Gasteiger partial charge on any atom is 0.335 e. The SMILES string of the molecule is CCS(=O)(=O)c1cccc(COC(C(=O)NC2(c3ccc(C(=O)O)cc3)CC2)C(C)C)c1. The predicted octanol–water partition coefficient (Wildman–Crippen LogP) is 3.53. The fourth-order valence-corrected chi connectivity index (χ4v) is 4.55. The molecule has 1 fully saturated rings. The Morgan fingerprint density at radius 2 is 1.78 bits per heavy atom. The number of carbonyl (C=O) groups is 2. The monoisotopic (exact) mass is 459 g/mol. The molecule has 1 atom stereocenters. The molecule has 1 aliphatic carbocycles. The van der Waals surface area contributed by atoms with Gasteiger partial charge in [-0.2, -0.15) is 0 Å². The van der Waals surface area contributed by atoms with Crippen LogP contribution in [0.25, 0.3) is 0 Å². The summed E-state index contributed by atoms with van der Waals surface area (Å²) < 4.78 is 30.2. The summed E-state index contributed by atoms with van der Waals surface area (Å²) in [6, 6.07) is 13.1. The Bertz CT molecular complexity index is 1090. The second kappa shape index (κ2) is 9.42. The lowest BCUT2D eigenvalue weighted by molar-refractivity contribution is -0.137. The Balaban J connectivity index is 1.69. The van der Waals surface area contributed by atoms with Crippen molar-refractivity contribution in [2.24, 2.45) is 5.92 Å². The third-order valence-electron chi connectivity index (χ3n) is 5.73. The molecule has 8 heteroatoms. The van der Waals surface area contributed by atoms with Crippen LogP contribution in [0.5, 0.6) is 0 Å². The van der Waals surface area contributed by atoms with E-state index < -0.39 is 27.4 Å². The van der Waals surface area contributed by atoms with Crippen molar-refractivity contribution in [1.82, 2.24) is 5.32 Å². The van der Waals surface area contributed by atoms with E-state index in [-0.39, 0.29) is 34.6 Å². The number of nitrogens with one attached hydrogen (secondary N) is 1. The average Bonchev–Trinajstić information content (AvgIpc) is 3.54. The highest BCUT2D eigenvalue weighted by atomic mass is 32.2. The van der Waals surface area contributed by atoms with Crippen LogP contribution in [0.2, 0.25) is 0 Å². The molecule has 0 saturated heterocycles. The molecule has 0 heterocycles. The summed E-state index contributed by atoms with van der Waals surface area (Å²) in [5, 5.41) is 12.2. The number of ether oxygens (including phenoxy) is 1. The molecular formula is C24H29NO6S. The van der Waals surface area contributed by atoms with Gasteiger partial charge in [0, 0.05) is 0 Å². The molecule has 1 unspecified atom stereocenters. The van der Waals surface area contributed by atoms with Gasteiger partial charge in [-0.3, -0.25) is 4.79 Å². The quantitative estimate of drug-likeness (QED) is 0.563. The maximum atomic E-state index is 13.1. The van der Waals surface area contributed by atoms with Crippen molar-refractivity contribution in [3.63, 3.8) is 0 Å². The van der Waals surface area contributed by atoms with Gasteiger partial charge in [0.1, 0.15) is 6.10 Å². The second-order valence-corrected chi connectivity index (χ2v) is 10.8. The van der Waals surface area contributed by atoms with Gasteiger partial charge in [-0.15, -0.1) is 0 Å². The molecule has 172 valence electrons. The molecule has 1 saturated carbocycles. The number of hydrogen-bond acceptors (Lipinski definition) is 5. The topological polar surface area (TPSA) is 110 Å². The first-order valence-electron chi connectivity index (χ1n) is 10.7. The van der Waals surface area contributed by atoms with Crippen LogP contribution in [-0.4, -0.2) is 37.3 Å². The van der Waals surface area contributed by atoms with Crippen molar-refractivity contribution in [3.8, 4) is 0 Å². The van der Waals surface area contributed by atoms with Gasteiger partial charge in [0.2, 0.25) is 5.91 Å². The molecule has 2 aromatic carbocycles. The summed E-state index contributed by atoms with van der Waals surface area (Å²) in [6.45, 7) is 5.50. The molecule has 0 aromatic heterocycles. The lowest BCUT2D eigenvalue weighted by Crippen LogP contribution is -2.44. The Labute approximate surface area is 188 Å². The number of benzene rings is 2. The van der Waals surface area contributed by atoms with E-state index in [0.29, 0.717) is 5.56 Å². The third-order valence-corrected chi connectivity index (χ3v) is 7.46. The van der Waals surface area contributed by atoms with Gasteiger partial charge >= 0.3 is 5.97 Å². The maximum absolute atomic E-state index is 13.1. The third kappa shape index (κ3) is 5.37. The van der Waals surface area contributed by atoms with Gasteiger partial charge in [0.15, 0.2) is 9.84 Å². The van der Waals surface area contributed by atoms with E-state index in [0.717, 1.165) is 18.4 Å². The first-order chi connectivity index (χ1) is 15.1. The lowest BCUT2D eigenvalue weighted by atomic mass is 10.0. The summed E-state index contributed by atoms with van der Waals surface area (Å²) in [5.74, 6) is -1.31. The zero-order valence-electron chi connectivity index (χ0n) is 18.5. The summed E-state index contributed by atoms with van der Waals surface area (Å²) in [7, 11) is -3.32. The molecule has 0 bridgehead atoms. The van der Waals surface area contributed by atoms with Gasteiger partial charge in [0.05, 0.1) is 28.4 Å². The van der Waals surface area contributed by atoms with E-state index in [9.17, 15) is 18.0 Å². The number of sulfone groups is 1. The summed E-state index contributed by atoms with van der Waals surface area (Å²) in [6.07, 6.45) is 0.831. The molecule has 1 aliphatic rings. The minimum atomic E-state index is -3.32. The zero-order valence-corrected chi connectivity index (χ0v) is 19.3. The highest BCUT2D eigenvalue weighted by Gasteiger charge is 2.46. The molecule has 1 amide bonds.